The summed E-state index contributed by atoms with van der Waals surface area (Å²) < 4.78 is 0. The van der Waals surface area contributed by atoms with Crippen molar-refractivity contribution in [3.63, 3.8) is 0 Å². The maximum absolute atomic E-state index is 11.0. The number of nitrogens with one attached hydrogen (secondary N) is 1. The van der Waals surface area contributed by atoms with Gasteiger partial charge in [0.1, 0.15) is 0 Å². The van der Waals surface area contributed by atoms with Crippen molar-refractivity contribution in [2.75, 3.05) is 6.54 Å². The number of rotatable bonds is 2. The minimum Gasteiger partial charge on any atom is -0.309 e. The van der Waals surface area contributed by atoms with Crippen LogP contribution >= 0.6 is 11.6 Å². The lowest BCUT2D eigenvalue weighted by Gasteiger charge is -2.19. The molecule has 1 aliphatic carbocycles. The Morgan fingerprint density at radius 3 is 2.60 bits per heavy atom. The zero-order chi connectivity index (χ0) is 11.5. The van der Waals surface area contributed by atoms with Crippen molar-refractivity contribution in [3.05, 3.63) is 34.9 Å². The molecule has 0 radical (unpaired) electrons. The van der Waals surface area contributed by atoms with Crippen molar-refractivity contribution in [2.45, 2.75) is 26.3 Å². The largest absolute Gasteiger partial charge is 0.309 e. The van der Waals surface area contributed by atoms with Crippen molar-refractivity contribution >= 4 is 17.4 Å². The summed E-state index contributed by atoms with van der Waals surface area (Å²) in [6, 6.07) is 0. The molecule has 0 unspecified atom stereocenters. The van der Waals surface area contributed by atoms with Crippen LogP contribution in [0.4, 0.5) is 0 Å². The van der Waals surface area contributed by atoms with E-state index in [0.29, 0.717) is 5.03 Å². The number of ketones is 1. The number of hydrogen-bond donors (Lipinski definition) is 1. The topological polar surface area (TPSA) is 29.1 Å². The van der Waals surface area contributed by atoms with Crippen molar-refractivity contribution in [2.24, 2.45) is 0 Å². The standard InChI is InChI=1S/C12H16ClNO/c1-12(2,3)14-7-6-9-4-5-10(15)8-11(9)13/h4-6,8,14H,7H2,1-3H3/b9-6-. The molecule has 0 saturated heterocycles. The van der Waals surface area contributed by atoms with E-state index in [-0.39, 0.29) is 11.3 Å². The fourth-order valence-corrected chi connectivity index (χ4v) is 1.39. The Morgan fingerprint density at radius 2 is 2.07 bits per heavy atom. The SMILES string of the molecule is CC(C)(C)NC/C=C1/C=CC(=O)C=C1Cl. The van der Waals surface area contributed by atoms with Gasteiger partial charge in [0, 0.05) is 18.2 Å². The third kappa shape index (κ3) is 4.45. The lowest BCUT2D eigenvalue weighted by Crippen LogP contribution is -2.35. The third-order valence-electron chi connectivity index (χ3n) is 1.93. The highest BCUT2D eigenvalue weighted by Gasteiger charge is 2.09. The van der Waals surface area contributed by atoms with E-state index in [1.54, 1.807) is 6.08 Å². The van der Waals surface area contributed by atoms with Gasteiger partial charge in [0.25, 0.3) is 0 Å². The van der Waals surface area contributed by atoms with Crippen LogP contribution in [-0.2, 0) is 4.79 Å². The van der Waals surface area contributed by atoms with E-state index in [9.17, 15) is 4.79 Å². The van der Waals surface area contributed by atoms with Crippen LogP contribution < -0.4 is 5.32 Å². The normalized spacial score (nSPS) is 19.6. The van der Waals surface area contributed by atoms with Crippen LogP contribution in [0.1, 0.15) is 20.8 Å². The first-order valence-corrected chi connectivity index (χ1v) is 5.31. The van der Waals surface area contributed by atoms with Crippen LogP contribution in [0.3, 0.4) is 0 Å². The number of allylic oxidation sites excluding steroid dienone is 5. The highest BCUT2D eigenvalue weighted by atomic mass is 35.5. The second kappa shape index (κ2) is 4.77. The van der Waals surface area contributed by atoms with E-state index in [1.807, 2.05) is 6.08 Å². The van der Waals surface area contributed by atoms with Gasteiger partial charge >= 0.3 is 0 Å². The monoisotopic (exact) mass is 225 g/mol. The average Bonchev–Trinajstić information content (AvgIpc) is 2.07. The second-order valence-corrected chi connectivity index (χ2v) is 4.93. The molecule has 1 rings (SSSR count). The Hall–Kier alpha value is -0.860. The molecule has 0 saturated carbocycles. The van der Waals surface area contributed by atoms with Crippen molar-refractivity contribution < 1.29 is 4.79 Å². The van der Waals surface area contributed by atoms with Crippen LogP contribution in [0.5, 0.6) is 0 Å². The first kappa shape index (κ1) is 12.2. The Bertz CT molecular complexity index is 345. The molecule has 82 valence electrons. The molecule has 0 bridgehead atoms. The van der Waals surface area contributed by atoms with E-state index >= 15 is 0 Å². The molecule has 3 heteroatoms. The van der Waals surface area contributed by atoms with Gasteiger partial charge in [-0.1, -0.05) is 17.7 Å². The lowest BCUT2D eigenvalue weighted by atomic mass is 10.1. The summed E-state index contributed by atoms with van der Waals surface area (Å²) in [7, 11) is 0. The zero-order valence-electron chi connectivity index (χ0n) is 9.30. The summed E-state index contributed by atoms with van der Waals surface area (Å²) in [4.78, 5) is 11.0. The predicted molar refractivity (Wildman–Crippen MR) is 63.9 cm³/mol. The maximum atomic E-state index is 11.0. The Kier molecular flexibility index (Phi) is 3.89. The Balaban J connectivity index is 2.58. The summed E-state index contributed by atoms with van der Waals surface area (Å²) in [5.41, 5.74) is 0.981. The molecule has 1 aliphatic rings. The van der Waals surface area contributed by atoms with E-state index in [1.165, 1.54) is 12.2 Å². The van der Waals surface area contributed by atoms with Gasteiger partial charge < -0.3 is 5.32 Å². The van der Waals surface area contributed by atoms with Crippen LogP contribution in [0.2, 0.25) is 0 Å². The summed E-state index contributed by atoms with van der Waals surface area (Å²) >= 11 is 5.92. The van der Waals surface area contributed by atoms with Gasteiger partial charge in [-0.05, 0) is 38.5 Å². The molecule has 0 fully saturated rings. The molecule has 2 nitrogen and oxygen atoms in total. The van der Waals surface area contributed by atoms with Crippen LogP contribution in [-0.4, -0.2) is 17.9 Å². The quantitative estimate of drug-likeness (QED) is 0.783. The average molecular weight is 226 g/mol. The molecular weight excluding hydrogens is 210 g/mol. The van der Waals surface area contributed by atoms with Crippen molar-refractivity contribution in [1.82, 2.24) is 5.32 Å². The first-order chi connectivity index (χ1) is 6.88. The fourth-order valence-electron chi connectivity index (χ4n) is 1.14. The van der Waals surface area contributed by atoms with Gasteiger partial charge in [0.2, 0.25) is 0 Å². The minimum atomic E-state index is -0.0547. The van der Waals surface area contributed by atoms with Gasteiger partial charge in [0.05, 0.1) is 5.03 Å². The molecule has 0 aromatic rings. The molecule has 1 N–H and O–H groups in total. The molecule has 0 amide bonds. The molecule has 0 aromatic carbocycles. The fraction of sp³-hybridized carbons (Fsp3) is 0.417. The highest BCUT2D eigenvalue weighted by molar-refractivity contribution is 6.34. The summed E-state index contributed by atoms with van der Waals surface area (Å²) in [5.74, 6) is -0.0547. The molecule has 0 aromatic heterocycles. The van der Waals surface area contributed by atoms with Gasteiger partial charge in [-0.2, -0.15) is 0 Å². The van der Waals surface area contributed by atoms with E-state index in [2.05, 4.69) is 26.1 Å². The third-order valence-corrected chi connectivity index (χ3v) is 2.25. The number of hydrogen-bond acceptors (Lipinski definition) is 2. The Labute approximate surface area is 95.7 Å². The van der Waals surface area contributed by atoms with Gasteiger partial charge in [-0.3, -0.25) is 4.79 Å². The maximum Gasteiger partial charge on any atom is 0.180 e. The second-order valence-electron chi connectivity index (χ2n) is 4.52. The van der Waals surface area contributed by atoms with Crippen LogP contribution in [0, 0.1) is 0 Å². The van der Waals surface area contributed by atoms with Crippen LogP contribution in [0.25, 0.3) is 0 Å². The summed E-state index contributed by atoms with van der Waals surface area (Å²) in [6.45, 7) is 7.04. The molecule has 0 aliphatic heterocycles. The first-order valence-electron chi connectivity index (χ1n) is 4.93. The summed E-state index contributed by atoms with van der Waals surface area (Å²) in [5, 5.41) is 3.83. The predicted octanol–water partition coefficient (Wildman–Crippen LogP) is 2.56. The zero-order valence-corrected chi connectivity index (χ0v) is 10.1. The number of carbonyl (C=O) groups is 1. The van der Waals surface area contributed by atoms with E-state index < -0.39 is 0 Å². The van der Waals surface area contributed by atoms with Gasteiger partial charge in [0.15, 0.2) is 5.78 Å². The molecule has 0 spiro atoms. The minimum absolute atomic E-state index is 0.0547. The summed E-state index contributed by atoms with van der Waals surface area (Å²) in [6.07, 6.45) is 6.68. The van der Waals surface area contributed by atoms with Crippen molar-refractivity contribution in [1.29, 1.82) is 0 Å². The molecule has 15 heavy (non-hydrogen) atoms. The van der Waals surface area contributed by atoms with E-state index in [0.717, 1.165) is 12.1 Å². The molecule has 0 atom stereocenters. The lowest BCUT2D eigenvalue weighted by molar-refractivity contribution is -0.110. The Morgan fingerprint density at radius 1 is 1.40 bits per heavy atom. The van der Waals surface area contributed by atoms with Gasteiger partial charge in [-0.25, -0.2) is 0 Å². The van der Waals surface area contributed by atoms with Gasteiger partial charge in [-0.15, -0.1) is 0 Å². The van der Waals surface area contributed by atoms with Crippen molar-refractivity contribution in [3.8, 4) is 0 Å². The van der Waals surface area contributed by atoms with Crippen LogP contribution in [0.15, 0.2) is 34.9 Å². The number of halogens is 1. The highest BCUT2D eigenvalue weighted by Crippen LogP contribution is 2.19. The smallest absolute Gasteiger partial charge is 0.180 e. The molecular formula is C12H16ClNO. The number of carbonyl (C=O) groups excluding carboxylic acids is 1. The molecule has 0 heterocycles. The van der Waals surface area contributed by atoms with E-state index in [4.69, 9.17) is 11.6 Å².